The number of rotatable bonds is 4. The molecule has 7 heteroatoms. The Morgan fingerprint density at radius 3 is 2.36 bits per heavy atom. The van der Waals surface area contributed by atoms with Crippen LogP contribution in [0.4, 0.5) is 0 Å². The third-order valence-electron chi connectivity index (χ3n) is 6.26. The molecule has 3 heterocycles. The lowest BCUT2D eigenvalue weighted by atomic mass is 10.00. The van der Waals surface area contributed by atoms with E-state index >= 15 is 0 Å². The molecule has 0 unspecified atom stereocenters. The summed E-state index contributed by atoms with van der Waals surface area (Å²) in [5.74, 6) is 0.786. The van der Waals surface area contributed by atoms with Crippen molar-refractivity contribution in [2.45, 2.75) is 6.92 Å². The number of hydrogen-bond donors (Lipinski definition) is 1. The summed E-state index contributed by atoms with van der Waals surface area (Å²) in [4.78, 5) is 22.8. The highest BCUT2D eigenvalue weighted by molar-refractivity contribution is 7.71. The van der Waals surface area contributed by atoms with Crippen LogP contribution in [0.1, 0.15) is 5.56 Å². The molecule has 3 aromatic heterocycles. The smallest absolute Gasteiger partial charge is 0.276 e. The molecule has 0 radical (unpaired) electrons. The minimum absolute atomic E-state index is 0.148. The molecule has 0 aliphatic heterocycles. The molecule has 6 rings (SSSR count). The number of pyridine rings is 1. The molecule has 0 aliphatic rings. The Morgan fingerprint density at radius 2 is 1.67 bits per heavy atom. The van der Waals surface area contributed by atoms with E-state index in [9.17, 15) is 4.79 Å². The second-order valence-corrected chi connectivity index (χ2v) is 9.93. The number of thiophene rings is 1. The quantitative estimate of drug-likeness (QED) is 0.254. The first-order valence-corrected chi connectivity index (χ1v) is 12.7. The number of H-pyrrole nitrogens is 1. The first-order chi connectivity index (χ1) is 17.5. The number of aryl methyl sites for hydroxylation is 1. The van der Waals surface area contributed by atoms with E-state index in [0.29, 0.717) is 9.47 Å². The number of aromatic amines is 1. The Hall–Kier alpha value is -4.07. The lowest BCUT2D eigenvalue weighted by Gasteiger charge is -2.10. The van der Waals surface area contributed by atoms with E-state index in [1.54, 1.807) is 11.7 Å². The molecule has 0 amide bonds. The summed E-state index contributed by atoms with van der Waals surface area (Å²) < 4.78 is 7.82. The van der Waals surface area contributed by atoms with Gasteiger partial charge in [-0.15, -0.1) is 11.3 Å². The predicted molar refractivity (Wildman–Crippen MR) is 150 cm³/mol. The van der Waals surface area contributed by atoms with Crippen molar-refractivity contribution < 1.29 is 4.74 Å². The molecule has 0 aliphatic carbocycles. The highest BCUT2D eigenvalue weighted by Gasteiger charge is 2.19. The summed E-state index contributed by atoms with van der Waals surface area (Å²) in [7, 11) is 1.65. The van der Waals surface area contributed by atoms with Gasteiger partial charge in [-0.1, -0.05) is 48.0 Å². The fourth-order valence-corrected chi connectivity index (χ4v) is 5.78. The van der Waals surface area contributed by atoms with E-state index in [2.05, 4.69) is 23.2 Å². The Labute approximate surface area is 216 Å². The van der Waals surface area contributed by atoms with Crippen LogP contribution in [-0.2, 0) is 0 Å². The van der Waals surface area contributed by atoms with Gasteiger partial charge in [0.1, 0.15) is 15.3 Å². The number of nitrogens with zero attached hydrogens (tertiary/aromatic N) is 2. The zero-order valence-corrected chi connectivity index (χ0v) is 21.2. The molecule has 6 aromatic rings. The fourth-order valence-electron chi connectivity index (χ4n) is 4.41. The van der Waals surface area contributed by atoms with Gasteiger partial charge in [0.2, 0.25) is 0 Å². The molecule has 5 nitrogen and oxygen atoms in total. The number of ether oxygens (including phenoxy) is 1. The molecule has 0 bridgehead atoms. The molecule has 0 fully saturated rings. The zero-order valence-electron chi connectivity index (χ0n) is 19.6. The van der Waals surface area contributed by atoms with Crippen molar-refractivity contribution in [1.29, 1.82) is 0 Å². The van der Waals surface area contributed by atoms with E-state index in [4.69, 9.17) is 21.9 Å². The number of aromatic nitrogens is 3. The number of nitrogens with one attached hydrogen (secondary N) is 1. The Balaban J connectivity index is 1.67. The van der Waals surface area contributed by atoms with E-state index in [0.717, 1.165) is 55.1 Å². The van der Waals surface area contributed by atoms with Gasteiger partial charge in [-0.3, -0.25) is 9.36 Å². The third kappa shape index (κ3) is 3.73. The molecule has 176 valence electrons. The molecule has 0 spiro atoms. The highest BCUT2D eigenvalue weighted by atomic mass is 32.1. The molecule has 0 saturated carbocycles. The maximum atomic E-state index is 13.7. The Morgan fingerprint density at radius 1 is 0.944 bits per heavy atom. The Kier molecular flexibility index (Phi) is 5.51. The van der Waals surface area contributed by atoms with Crippen molar-refractivity contribution in [3.05, 3.63) is 106 Å². The van der Waals surface area contributed by atoms with Gasteiger partial charge >= 0.3 is 0 Å². The van der Waals surface area contributed by atoms with Crippen LogP contribution in [-0.4, -0.2) is 21.6 Å². The maximum Gasteiger partial charge on any atom is 0.276 e. The van der Waals surface area contributed by atoms with E-state index < -0.39 is 0 Å². The van der Waals surface area contributed by atoms with Crippen LogP contribution >= 0.6 is 23.6 Å². The first-order valence-electron chi connectivity index (χ1n) is 11.4. The van der Waals surface area contributed by atoms with Gasteiger partial charge in [-0.2, -0.15) is 0 Å². The van der Waals surface area contributed by atoms with Crippen molar-refractivity contribution in [3.63, 3.8) is 0 Å². The molecular formula is C29H21N3O2S2. The average molecular weight is 508 g/mol. The van der Waals surface area contributed by atoms with Crippen LogP contribution in [0.3, 0.4) is 0 Å². The normalized spacial score (nSPS) is 11.3. The van der Waals surface area contributed by atoms with Gasteiger partial charge in [-0.25, -0.2) is 4.98 Å². The monoisotopic (exact) mass is 507 g/mol. The van der Waals surface area contributed by atoms with Crippen LogP contribution in [0, 0.1) is 11.7 Å². The molecule has 3 aromatic carbocycles. The summed E-state index contributed by atoms with van der Waals surface area (Å²) in [6.07, 6.45) is 0. The molecule has 0 atom stereocenters. The standard InChI is InChI=1S/C29H21N3O2S2/c1-17-8-12-20(13-9-17)32-28(33)26-25(31-29(32)35)24-22(18-6-4-3-5-7-18)16-23(30-27(24)36-26)19-10-14-21(34-2)15-11-19/h3-16H,1-2H3,(H,31,35). The van der Waals surface area contributed by atoms with Crippen molar-refractivity contribution in [2.75, 3.05) is 7.11 Å². The highest BCUT2D eigenvalue weighted by Crippen LogP contribution is 2.39. The lowest BCUT2D eigenvalue weighted by Crippen LogP contribution is -2.19. The summed E-state index contributed by atoms with van der Waals surface area (Å²) in [6.45, 7) is 2.01. The van der Waals surface area contributed by atoms with Gasteiger partial charge in [-0.05, 0) is 72.7 Å². The summed E-state index contributed by atoms with van der Waals surface area (Å²) in [5.41, 5.74) is 6.27. The summed E-state index contributed by atoms with van der Waals surface area (Å²) in [6, 6.07) is 27.8. The minimum atomic E-state index is -0.148. The van der Waals surface area contributed by atoms with E-state index in [1.165, 1.54) is 11.3 Å². The fraction of sp³-hybridized carbons (Fsp3) is 0.0690. The van der Waals surface area contributed by atoms with Crippen LogP contribution in [0.25, 0.3) is 48.5 Å². The van der Waals surface area contributed by atoms with Crippen molar-refractivity contribution in [2.24, 2.45) is 0 Å². The van der Waals surface area contributed by atoms with Gasteiger partial charge in [0, 0.05) is 10.9 Å². The van der Waals surface area contributed by atoms with Gasteiger partial charge in [0.05, 0.1) is 24.0 Å². The molecule has 1 N–H and O–H groups in total. The zero-order chi connectivity index (χ0) is 24.8. The summed E-state index contributed by atoms with van der Waals surface area (Å²) in [5, 5.41) is 0.901. The molecular weight excluding hydrogens is 486 g/mol. The largest absolute Gasteiger partial charge is 0.497 e. The van der Waals surface area contributed by atoms with E-state index in [-0.39, 0.29) is 5.56 Å². The number of fused-ring (bicyclic) bond motifs is 3. The first kappa shape index (κ1) is 22.4. The Bertz CT molecular complexity index is 1850. The summed E-state index contributed by atoms with van der Waals surface area (Å²) >= 11 is 7.06. The number of hydrogen-bond acceptors (Lipinski definition) is 5. The number of benzene rings is 3. The predicted octanol–water partition coefficient (Wildman–Crippen LogP) is 7.31. The lowest BCUT2D eigenvalue weighted by molar-refractivity contribution is 0.415. The van der Waals surface area contributed by atoms with Gasteiger partial charge in [0.15, 0.2) is 4.77 Å². The van der Waals surface area contributed by atoms with Crippen molar-refractivity contribution >= 4 is 44.0 Å². The number of methoxy groups -OCH3 is 1. The van der Waals surface area contributed by atoms with Crippen LogP contribution in [0.5, 0.6) is 5.75 Å². The van der Waals surface area contributed by atoms with Crippen LogP contribution < -0.4 is 10.3 Å². The van der Waals surface area contributed by atoms with Crippen molar-refractivity contribution in [1.82, 2.24) is 14.5 Å². The topological polar surface area (TPSA) is 59.9 Å². The second kappa shape index (κ2) is 8.86. The third-order valence-corrected chi connectivity index (χ3v) is 7.61. The maximum absolute atomic E-state index is 13.7. The average Bonchev–Trinajstić information content (AvgIpc) is 3.28. The van der Waals surface area contributed by atoms with Gasteiger partial charge < -0.3 is 9.72 Å². The van der Waals surface area contributed by atoms with Crippen LogP contribution in [0.2, 0.25) is 0 Å². The SMILES string of the molecule is COc1ccc(-c2cc(-c3ccccc3)c3c(n2)sc2c(=O)n(-c4ccc(C)cc4)c(=S)[nH]c23)cc1. The van der Waals surface area contributed by atoms with Crippen molar-refractivity contribution in [3.8, 4) is 33.8 Å². The van der Waals surface area contributed by atoms with Gasteiger partial charge in [0.25, 0.3) is 5.56 Å². The molecule has 36 heavy (non-hydrogen) atoms. The van der Waals surface area contributed by atoms with E-state index in [1.807, 2.05) is 73.7 Å². The minimum Gasteiger partial charge on any atom is -0.497 e. The second-order valence-electron chi connectivity index (χ2n) is 8.54. The molecule has 0 saturated heterocycles. The van der Waals surface area contributed by atoms with Crippen LogP contribution in [0.15, 0.2) is 89.7 Å².